The lowest BCUT2D eigenvalue weighted by molar-refractivity contribution is 0.621. The van der Waals surface area contributed by atoms with Crippen molar-refractivity contribution in [3.63, 3.8) is 0 Å². The zero-order chi connectivity index (χ0) is 8.72. The molecular weight excluding hydrogens is 171 g/mol. The van der Waals surface area contributed by atoms with Crippen LogP contribution in [0.25, 0.3) is 10.1 Å². The molecule has 0 N–H and O–H groups in total. The molecule has 0 aliphatic rings. The minimum Gasteiger partial charge on any atom is -0.207 e. The normalized spacial score (nSPS) is 10.9. The molecule has 0 saturated carbocycles. The summed E-state index contributed by atoms with van der Waals surface area (Å²) in [6.07, 6.45) is 0. The molecule has 0 fully saturated rings. The van der Waals surface area contributed by atoms with Crippen LogP contribution in [0.2, 0.25) is 0 Å². The molecule has 62 valence electrons. The second kappa shape index (κ2) is 2.56. The Morgan fingerprint density at radius 2 is 2.00 bits per heavy atom. The molecule has 1 heterocycles. The van der Waals surface area contributed by atoms with Crippen molar-refractivity contribution in [2.75, 3.05) is 0 Å². The smallest absolute Gasteiger partial charge is 0.127 e. The van der Waals surface area contributed by atoms with Crippen LogP contribution in [0.3, 0.4) is 0 Å². The summed E-state index contributed by atoms with van der Waals surface area (Å²) in [7, 11) is 0. The van der Waals surface area contributed by atoms with E-state index < -0.39 is 0 Å². The molecular formula is C10H9FS. The number of thiophene rings is 1. The minimum absolute atomic E-state index is 0.107. The van der Waals surface area contributed by atoms with Crippen LogP contribution in [0.5, 0.6) is 0 Å². The fourth-order valence-corrected chi connectivity index (χ4v) is 2.39. The van der Waals surface area contributed by atoms with Crippen LogP contribution in [0, 0.1) is 19.7 Å². The first-order valence-electron chi connectivity index (χ1n) is 3.83. The largest absolute Gasteiger partial charge is 0.207 e. The Balaban J connectivity index is 2.93. The summed E-state index contributed by atoms with van der Waals surface area (Å²) >= 11 is 1.61. The van der Waals surface area contributed by atoms with Crippen molar-refractivity contribution in [1.82, 2.24) is 0 Å². The molecule has 0 nitrogen and oxygen atoms in total. The van der Waals surface area contributed by atoms with Gasteiger partial charge in [-0.05, 0) is 36.2 Å². The SMILES string of the molecule is Cc1csc2c(C)c(F)ccc12. The van der Waals surface area contributed by atoms with Gasteiger partial charge in [-0.3, -0.25) is 0 Å². The van der Waals surface area contributed by atoms with E-state index in [4.69, 9.17) is 0 Å². The van der Waals surface area contributed by atoms with Gasteiger partial charge >= 0.3 is 0 Å². The molecule has 1 aromatic heterocycles. The summed E-state index contributed by atoms with van der Waals surface area (Å²) in [5, 5.41) is 3.25. The van der Waals surface area contributed by atoms with Gasteiger partial charge in [0.25, 0.3) is 0 Å². The molecule has 0 atom stereocenters. The molecule has 0 bridgehead atoms. The first kappa shape index (κ1) is 7.74. The van der Waals surface area contributed by atoms with Crippen LogP contribution in [0.15, 0.2) is 17.5 Å². The number of rotatable bonds is 0. The van der Waals surface area contributed by atoms with Crippen molar-refractivity contribution < 1.29 is 4.39 Å². The van der Waals surface area contributed by atoms with Crippen molar-refractivity contribution in [3.8, 4) is 0 Å². The third-order valence-corrected chi connectivity index (χ3v) is 3.35. The molecule has 0 aliphatic carbocycles. The Kier molecular flexibility index (Phi) is 1.65. The van der Waals surface area contributed by atoms with Crippen LogP contribution < -0.4 is 0 Å². The predicted octanol–water partition coefficient (Wildman–Crippen LogP) is 3.66. The van der Waals surface area contributed by atoms with Gasteiger partial charge in [-0.1, -0.05) is 6.07 Å². The van der Waals surface area contributed by atoms with Crippen LogP contribution >= 0.6 is 11.3 Å². The van der Waals surface area contributed by atoms with Gasteiger partial charge in [-0.15, -0.1) is 11.3 Å². The molecule has 1 aromatic carbocycles. The zero-order valence-electron chi connectivity index (χ0n) is 7.02. The monoisotopic (exact) mass is 180 g/mol. The summed E-state index contributed by atoms with van der Waals surface area (Å²) in [5.41, 5.74) is 2.00. The highest BCUT2D eigenvalue weighted by molar-refractivity contribution is 7.17. The number of halogens is 1. The minimum atomic E-state index is -0.107. The van der Waals surface area contributed by atoms with Crippen molar-refractivity contribution in [3.05, 3.63) is 34.5 Å². The summed E-state index contributed by atoms with van der Waals surface area (Å²) in [5.74, 6) is -0.107. The van der Waals surface area contributed by atoms with Gasteiger partial charge in [0.2, 0.25) is 0 Å². The molecule has 0 amide bonds. The van der Waals surface area contributed by atoms with Crippen LogP contribution in [0.1, 0.15) is 11.1 Å². The average Bonchev–Trinajstić information content (AvgIpc) is 2.41. The maximum absolute atomic E-state index is 13.1. The van der Waals surface area contributed by atoms with Gasteiger partial charge in [0.05, 0.1) is 0 Å². The van der Waals surface area contributed by atoms with E-state index in [0.717, 1.165) is 10.3 Å². The van der Waals surface area contributed by atoms with Gasteiger partial charge in [-0.2, -0.15) is 0 Å². The van der Waals surface area contributed by atoms with Gasteiger partial charge < -0.3 is 0 Å². The lowest BCUT2D eigenvalue weighted by Crippen LogP contribution is -1.80. The van der Waals surface area contributed by atoms with Crippen molar-refractivity contribution in [2.45, 2.75) is 13.8 Å². The van der Waals surface area contributed by atoms with E-state index in [1.165, 1.54) is 17.0 Å². The molecule has 0 radical (unpaired) electrons. The van der Waals surface area contributed by atoms with E-state index >= 15 is 0 Å². The topological polar surface area (TPSA) is 0 Å². The van der Waals surface area contributed by atoms with Crippen molar-refractivity contribution >= 4 is 21.4 Å². The average molecular weight is 180 g/mol. The second-order valence-electron chi connectivity index (χ2n) is 2.97. The molecule has 0 unspecified atom stereocenters. The van der Waals surface area contributed by atoms with Crippen molar-refractivity contribution in [2.24, 2.45) is 0 Å². The molecule has 2 heteroatoms. The highest BCUT2D eigenvalue weighted by Gasteiger charge is 2.05. The van der Waals surface area contributed by atoms with E-state index in [-0.39, 0.29) is 5.82 Å². The summed E-state index contributed by atoms with van der Waals surface area (Å²) < 4.78 is 14.1. The maximum Gasteiger partial charge on any atom is 0.127 e. The van der Waals surface area contributed by atoms with Gasteiger partial charge in [0.15, 0.2) is 0 Å². The summed E-state index contributed by atoms with van der Waals surface area (Å²) in [4.78, 5) is 0. The molecule has 2 rings (SSSR count). The Labute approximate surface area is 74.6 Å². The fourth-order valence-electron chi connectivity index (χ4n) is 1.34. The molecule has 12 heavy (non-hydrogen) atoms. The van der Waals surface area contributed by atoms with E-state index in [9.17, 15) is 4.39 Å². The Hall–Kier alpha value is -0.890. The summed E-state index contributed by atoms with van der Waals surface area (Å²) in [6, 6.07) is 3.39. The standard InChI is InChI=1S/C10H9FS/c1-6-5-12-10-7(2)9(11)4-3-8(6)10/h3-5H,1-2H3. The van der Waals surface area contributed by atoms with E-state index in [0.29, 0.717) is 0 Å². The number of benzene rings is 1. The molecule has 2 aromatic rings. The molecule has 0 spiro atoms. The Morgan fingerprint density at radius 1 is 1.25 bits per heavy atom. The van der Waals surface area contributed by atoms with Crippen LogP contribution in [-0.4, -0.2) is 0 Å². The zero-order valence-corrected chi connectivity index (χ0v) is 7.83. The molecule has 0 aliphatic heterocycles. The quantitative estimate of drug-likeness (QED) is 0.580. The van der Waals surface area contributed by atoms with Gasteiger partial charge in [-0.25, -0.2) is 4.39 Å². The fraction of sp³-hybridized carbons (Fsp3) is 0.200. The lowest BCUT2D eigenvalue weighted by atomic mass is 10.1. The van der Waals surface area contributed by atoms with E-state index in [1.54, 1.807) is 11.3 Å². The highest BCUT2D eigenvalue weighted by atomic mass is 32.1. The molecule has 0 saturated heterocycles. The maximum atomic E-state index is 13.1. The first-order valence-corrected chi connectivity index (χ1v) is 4.71. The van der Waals surface area contributed by atoms with E-state index in [2.05, 4.69) is 12.3 Å². The van der Waals surface area contributed by atoms with Crippen LogP contribution in [0.4, 0.5) is 4.39 Å². The second-order valence-corrected chi connectivity index (χ2v) is 3.85. The van der Waals surface area contributed by atoms with E-state index in [1.807, 2.05) is 13.0 Å². The lowest BCUT2D eigenvalue weighted by Gasteiger charge is -1.97. The van der Waals surface area contributed by atoms with Crippen molar-refractivity contribution in [1.29, 1.82) is 0 Å². The van der Waals surface area contributed by atoms with Gasteiger partial charge in [0, 0.05) is 10.3 Å². The number of aryl methyl sites for hydroxylation is 2. The Bertz CT molecular complexity index is 429. The third kappa shape index (κ3) is 0.950. The first-order chi connectivity index (χ1) is 5.70. The number of hydrogen-bond donors (Lipinski definition) is 0. The predicted molar refractivity (Wildman–Crippen MR) is 51.3 cm³/mol. The number of hydrogen-bond acceptors (Lipinski definition) is 1. The highest BCUT2D eigenvalue weighted by Crippen LogP contribution is 2.29. The third-order valence-electron chi connectivity index (χ3n) is 2.12. The van der Waals surface area contributed by atoms with Crippen LogP contribution in [-0.2, 0) is 0 Å². The van der Waals surface area contributed by atoms with Gasteiger partial charge in [0.1, 0.15) is 5.82 Å². The summed E-state index contributed by atoms with van der Waals surface area (Å²) in [6.45, 7) is 3.88. The number of fused-ring (bicyclic) bond motifs is 1. The Morgan fingerprint density at radius 3 is 2.75 bits per heavy atom.